The first-order valence-corrected chi connectivity index (χ1v) is 13.1. The number of aromatic nitrogens is 1. The van der Waals surface area contributed by atoms with Crippen LogP contribution in [0, 0.1) is 12.7 Å². The van der Waals surface area contributed by atoms with Crippen molar-refractivity contribution in [3.63, 3.8) is 0 Å². The quantitative estimate of drug-likeness (QED) is 0.298. The number of halogens is 2. The highest BCUT2D eigenvalue weighted by molar-refractivity contribution is 7.15. The minimum atomic E-state index is -0.371. The number of thiophene rings is 1. The van der Waals surface area contributed by atoms with Gasteiger partial charge < -0.3 is 14.8 Å². The van der Waals surface area contributed by atoms with Crippen molar-refractivity contribution in [2.45, 2.75) is 45.2 Å². The molecule has 1 N–H and O–H groups in total. The second-order valence-electron chi connectivity index (χ2n) is 9.22. The summed E-state index contributed by atoms with van der Waals surface area (Å²) in [5, 5.41) is 4.91. The molecule has 2 aromatic carbocycles. The van der Waals surface area contributed by atoms with E-state index in [9.17, 15) is 9.18 Å². The molecule has 2 aromatic heterocycles. The molecule has 0 saturated heterocycles. The Hall–Kier alpha value is -3.09. The molecule has 4 aromatic rings. The lowest BCUT2D eigenvalue weighted by Crippen LogP contribution is -2.38. The Morgan fingerprint density at radius 2 is 1.86 bits per heavy atom. The molecule has 1 atom stereocenters. The molecule has 4 nitrogen and oxygen atoms in total. The van der Waals surface area contributed by atoms with Crippen molar-refractivity contribution in [2.75, 3.05) is 5.32 Å². The average molecular weight is 506 g/mol. The van der Waals surface area contributed by atoms with Crippen molar-refractivity contribution >= 4 is 34.7 Å². The van der Waals surface area contributed by atoms with Crippen LogP contribution in [0.3, 0.4) is 0 Å². The summed E-state index contributed by atoms with van der Waals surface area (Å²) in [4.78, 5) is 17.3. The summed E-state index contributed by atoms with van der Waals surface area (Å²) in [6.45, 7) is 2.38. The molecule has 1 unspecified atom stereocenters. The molecule has 2 aliphatic rings. The maximum absolute atomic E-state index is 14.0. The van der Waals surface area contributed by atoms with Crippen LogP contribution < -0.4 is 5.32 Å². The lowest BCUT2D eigenvalue weighted by atomic mass is 9.95. The zero-order valence-corrected chi connectivity index (χ0v) is 20.9. The number of nitrogens with zero attached hydrogens (tertiary/aromatic N) is 2. The molecule has 3 heterocycles. The van der Waals surface area contributed by atoms with Crippen molar-refractivity contribution < 1.29 is 9.18 Å². The highest BCUT2D eigenvalue weighted by Crippen LogP contribution is 2.44. The van der Waals surface area contributed by atoms with Gasteiger partial charge in [-0.3, -0.25) is 0 Å². The predicted octanol–water partition coefficient (Wildman–Crippen LogP) is 7.66. The number of fused-ring (bicyclic) bond motifs is 5. The molecule has 0 saturated carbocycles. The summed E-state index contributed by atoms with van der Waals surface area (Å²) in [6, 6.07) is 15.5. The van der Waals surface area contributed by atoms with Gasteiger partial charge in [-0.15, -0.1) is 11.3 Å². The van der Waals surface area contributed by atoms with Crippen LogP contribution in [0.4, 0.5) is 14.9 Å². The zero-order chi connectivity index (χ0) is 24.1. The number of amides is 2. The standard InChI is InChI=1S/C28H25ClFN3OS/c1-17-22(29)7-4-8-23(17)31-28(34)33-16-21-20-6-2-3-10-25(20)35-27(21)32-15-5-9-24(32)26(33)18-11-13-19(30)14-12-18/h4-5,7-9,11-15,26H,2-3,6,10,16H2,1H3,(H,31,34). The minimum absolute atomic E-state index is 0.207. The number of anilines is 1. The van der Waals surface area contributed by atoms with Crippen LogP contribution in [0.15, 0.2) is 60.8 Å². The summed E-state index contributed by atoms with van der Waals surface area (Å²) in [5.41, 5.74) is 6.00. The van der Waals surface area contributed by atoms with Crippen molar-refractivity contribution in [3.8, 4) is 5.00 Å². The lowest BCUT2D eigenvalue weighted by Gasteiger charge is -2.31. The van der Waals surface area contributed by atoms with Crippen molar-refractivity contribution in [1.29, 1.82) is 0 Å². The molecule has 0 bridgehead atoms. The number of nitrogens with one attached hydrogen (secondary N) is 1. The average Bonchev–Trinajstić information content (AvgIpc) is 3.45. The third kappa shape index (κ3) is 3.85. The van der Waals surface area contributed by atoms with Crippen LogP contribution >= 0.6 is 22.9 Å². The Balaban J connectivity index is 1.50. The van der Waals surface area contributed by atoms with Crippen LogP contribution in [0.1, 0.15) is 51.7 Å². The maximum atomic E-state index is 14.0. The molecule has 2 amide bonds. The predicted molar refractivity (Wildman–Crippen MR) is 139 cm³/mol. The van der Waals surface area contributed by atoms with Gasteiger partial charge in [-0.25, -0.2) is 9.18 Å². The molecule has 0 radical (unpaired) electrons. The van der Waals surface area contributed by atoms with Gasteiger partial charge in [-0.05, 0) is 85.7 Å². The van der Waals surface area contributed by atoms with Gasteiger partial charge in [0.2, 0.25) is 0 Å². The molecule has 1 aliphatic heterocycles. The van der Waals surface area contributed by atoms with Gasteiger partial charge in [0.25, 0.3) is 0 Å². The molecule has 35 heavy (non-hydrogen) atoms. The fourth-order valence-electron chi connectivity index (χ4n) is 5.31. The zero-order valence-electron chi connectivity index (χ0n) is 19.4. The number of urea groups is 1. The third-order valence-electron chi connectivity index (χ3n) is 7.13. The van der Waals surface area contributed by atoms with Crippen molar-refractivity contribution in [3.05, 3.63) is 104 Å². The molecule has 6 rings (SSSR count). The van der Waals surface area contributed by atoms with Crippen LogP contribution in [0.2, 0.25) is 5.02 Å². The summed E-state index contributed by atoms with van der Waals surface area (Å²) in [5.74, 6) is -0.295. The van der Waals surface area contributed by atoms with Gasteiger partial charge in [0.15, 0.2) is 0 Å². The number of hydrogen-bond donors (Lipinski definition) is 1. The molecule has 1 aliphatic carbocycles. The van der Waals surface area contributed by atoms with Crippen molar-refractivity contribution in [2.24, 2.45) is 0 Å². The summed E-state index contributed by atoms with van der Waals surface area (Å²) in [7, 11) is 0. The van der Waals surface area contributed by atoms with Crippen LogP contribution in [0.25, 0.3) is 5.00 Å². The van der Waals surface area contributed by atoms with E-state index in [1.165, 1.54) is 46.0 Å². The molecule has 178 valence electrons. The highest BCUT2D eigenvalue weighted by atomic mass is 35.5. The molecule has 7 heteroatoms. The largest absolute Gasteiger partial charge is 0.322 e. The third-order valence-corrected chi connectivity index (χ3v) is 8.88. The lowest BCUT2D eigenvalue weighted by molar-refractivity contribution is 0.194. The van der Waals surface area contributed by atoms with E-state index in [2.05, 4.69) is 22.1 Å². The second kappa shape index (κ2) is 8.85. The summed E-state index contributed by atoms with van der Waals surface area (Å²) < 4.78 is 16.1. The number of hydrogen-bond acceptors (Lipinski definition) is 2. The Bertz CT molecular complexity index is 1420. The van der Waals surface area contributed by atoms with Gasteiger partial charge in [0.05, 0.1) is 18.3 Å². The number of carbonyl (C=O) groups excluding carboxylic acids is 1. The van der Waals surface area contributed by atoms with E-state index in [1.54, 1.807) is 12.1 Å². The van der Waals surface area contributed by atoms with Crippen LogP contribution in [-0.2, 0) is 19.4 Å². The highest BCUT2D eigenvalue weighted by Gasteiger charge is 2.36. The molecular formula is C28H25ClFN3OS. The van der Waals surface area contributed by atoms with E-state index < -0.39 is 0 Å². The van der Waals surface area contributed by atoms with E-state index in [1.807, 2.05) is 47.4 Å². The first kappa shape index (κ1) is 22.4. The maximum Gasteiger partial charge on any atom is 0.322 e. The van der Waals surface area contributed by atoms with E-state index in [0.29, 0.717) is 17.3 Å². The number of benzene rings is 2. The molecular weight excluding hydrogens is 481 g/mol. The van der Waals surface area contributed by atoms with Gasteiger partial charge in [-0.1, -0.05) is 29.8 Å². The fourth-order valence-corrected chi connectivity index (χ4v) is 6.89. The fraction of sp³-hybridized carbons (Fsp3) is 0.250. The smallest absolute Gasteiger partial charge is 0.310 e. The van der Waals surface area contributed by atoms with Gasteiger partial charge >= 0.3 is 6.03 Å². The monoisotopic (exact) mass is 505 g/mol. The Morgan fingerprint density at radius 1 is 1.06 bits per heavy atom. The van der Waals surface area contributed by atoms with Gasteiger partial charge in [-0.2, -0.15) is 0 Å². The summed E-state index contributed by atoms with van der Waals surface area (Å²) in [6.07, 6.45) is 6.60. The van der Waals surface area contributed by atoms with Crippen molar-refractivity contribution in [1.82, 2.24) is 9.47 Å². The number of carbonyl (C=O) groups is 1. The van der Waals surface area contributed by atoms with E-state index in [0.717, 1.165) is 29.7 Å². The first-order chi connectivity index (χ1) is 17.0. The van der Waals surface area contributed by atoms with Crippen LogP contribution in [-0.4, -0.2) is 15.5 Å². The van der Waals surface area contributed by atoms with Crippen LogP contribution in [0.5, 0.6) is 0 Å². The topological polar surface area (TPSA) is 37.3 Å². The Labute approximate surface area is 213 Å². The Morgan fingerprint density at radius 3 is 2.69 bits per heavy atom. The number of rotatable bonds is 2. The van der Waals surface area contributed by atoms with E-state index in [-0.39, 0.29) is 17.9 Å². The first-order valence-electron chi connectivity index (χ1n) is 11.9. The SMILES string of the molecule is Cc1c(Cl)cccc1NC(=O)N1Cc2c(sc3c2CCCC3)-n2cccc2C1c1ccc(F)cc1. The minimum Gasteiger partial charge on any atom is -0.310 e. The number of aryl methyl sites for hydroxylation is 1. The van der Waals surface area contributed by atoms with Gasteiger partial charge in [0.1, 0.15) is 10.8 Å². The van der Waals surface area contributed by atoms with E-state index >= 15 is 0 Å². The normalized spacial score (nSPS) is 16.8. The van der Waals surface area contributed by atoms with Gasteiger partial charge in [0, 0.05) is 27.3 Å². The van der Waals surface area contributed by atoms with E-state index in [4.69, 9.17) is 11.6 Å². The Kier molecular flexibility index (Phi) is 5.66. The molecule has 0 fully saturated rings. The second-order valence-corrected chi connectivity index (χ2v) is 10.7. The molecule has 0 spiro atoms. The summed E-state index contributed by atoms with van der Waals surface area (Å²) >= 11 is 8.18.